The van der Waals surface area contributed by atoms with E-state index in [4.69, 9.17) is 10.5 Å². The summed E-state index contributed by atoms with van der Waals surface area (Å²) in [6, 6.07) is 14.0. The third-order valence-electron chi connectivity index (χ3n) is 4.64. The molecule has 0 spiro atoms. The average molecular weight is 353 g/mol. The minimum atomic E-state index is -0.409. The molecule has 0 saturated heterocycles. The lowest BCUT2D eigenvalue weighted by molar-refractivity contribution is 0.405. The Hall–Kier alpha value is -2.72. The van der Waals surface area contributed by atoms with Crippen molar-refractivity contribution in [2.45, 2.75) is 20.4 Å². The normalized spacial score (nSPS) is 10.8. The van der Waals surface area contributed by atoms with Crippen molar-refractivity contribution in [2.75, 3.05) is 7.11 Å². The van der Waals surface area contributed by atoms with Crippen molar-refractivity contribution in [1.82, 2.24) is 0 Å². The first kappa shape index (κ1) is 18.1. The van der Waals surface area contributed by atoms with Crippen LogP contribution in [0.1, 0.15) is 16.7 Å². The largest absolute Gasteiger partial charge is 0.496 e. The van der Waals surface area contributed by atoms with Gasteiger partial charge in [-0.15, -0.1) is 0 Å². The minimum absolute atomic E-state index is 0.0584. The van der Waals surface area contributed by atoms with Crippen molar-refractivity contribution in [3.63, 3.8) is 0 Å². The Morgan fingerprint density at radius 1 is 0.885 bits per heavy atom. The number of rotatable bonds is 4. The lowest BCUT2D eigenvalue weighted by Gasteiger charge is -2.15. The number of benzene rings is 3. The SMILES string of the molecule is COc1cc(-c2cccc(-c3ccc(C)cc3F)c2C)cc(F)c1CN. The summed E-state index contributed by atoms with van der Waals surface area (Å²) in [5.74, 6) is -0.269. The maximum absolute atomic E-state index is 14.4. The van der Waals surface area contributed by atoms with Crippen LogP contribution in [0.15, 0.2) is 48.5 Å². The Balaban J connectivity index is 2.18. The van der Waals surface area contributed by atoms with Crippen LogP contribution in [0.4, 0.5) is 8.78 Å². The lowest BCUT2D eigenvalue weighted by atomic mass is 9.91. The van der Waals surface area contributed by atoms with Crippen LogP contribution in [0, 0.1) is 25.5 Å². The van der Waals surface area contributed by atoms with Crippen molar-refractivity contribution < 1.29 is 13.5 Å². The first-order valence-corrected chi connectivity index (χ1v) is 8.39. The van der Waals surface area contributed by atoms with Gasteiger partial charge in [0.2, 0.25) is 0 Å². The Bertz CT molecular complexity index is 967. The van der Waals surface area contributed by atoms with Crippen LogP contribution in [-0.4, -0.2) is 7.11 Å². The standard InChI is InChI=1S/C22H21F2NO/c1-13-7-8-18(20(23)9-13)17-6-4-5-16(14(17)2)15-10-21(24)19(12-25)22(11-15)26-3/h4-11H,12,25H2,1-3H3. The molecular weight excluding hydrogens is 332 g/mol. The second-order valence-corrected chi connectivity index (χ2v) is 6.30. The quantitative estimate of drug-likeness (QED) is 0.683. The lowest BCUT2D eigenvalue weighted by Crippen LogP contribution is -2.04. The fourth-order valence-corrected chi connectivity index (χ4v) is 3.23. The second-order valence-electron chi connectivity index (χ2n) is 6.30. The fraction of sp³-hybridized carbons (Fsp3) is 0.182. The molecule has 0 aliphatic carbocycles. The molecule has 0 saturated carbocycles. The van der Waals surface area contributed by atoms with E-state index in [1.807, 2.05) is 38.1 Å². The number of halogens is 2. The maximum Gasteiger partial charge on any atom is 0.132 e. The number of hydrogen-bond donors (Lipinski definition) is 1. The van der Waals surface area contributed by atoms with E-state index in [0.29, 0.717) is 22.4 Å². The van der Waals surface area contributed by atoms with Crippen molar-refractivity contribution in [2.24, 2.45) is 5.73 Å². The molecule has 3 rings (SSSR count). The monoisotopic (exact) mass is 353 g/mol. The number of aryl methyl sites for hydroxylation is 1. The van der Waals surface area contributed by atoms with Crippen LogP contribution in [0.3, 0.4) is 0 Å². The Morgan fingerprint density at radius 2 is 1.62 bits per heavy atom. The molecule has 4 heteroatoms. The highest BCUT2D eigenvalue weighted by atomic mass is 19.1. The van der Waals surface area contributed by atoms with Crippen LogP contribution in [-0.2, 0) is 6.54 Å². The second kappa shape index (κ2) is 7.26. The highest BCUT2D eigenvalue weighted by molar-refractivity contribution is 5.79. The van der Waals surface area contributed by atoms with E-state index in [1.165, 1.54) is 19.2 Å². The summed E-state index contributed by atoms with van der Waals surface area (Å²) in [5, 5.41) is 0. The third-order valence-corrected chi connectivity index (χ3v) is 4.64. The van der Waals surface area contributed by atoms with Gasteiger partial charge in [0.25, 0.3) is 0 Å². The van der Waals surface area contributed by atoms with Crippen molar-refractivity contribution in [1.29, 1.82) is 0 Å². The number of ether oxygens (including phenoxy) is 1. The van der Waals surface area contributed by atoms with Crippen LogP contribution in [0.25, 0.3) is 22.3 Å². The Morgan fingerprint density at radius 3 is 2.27 bits per heavy atom. The smallest absolute Gasteiger partial charge is 0.132 e. The van der Waals surface area contributed by atoms with Gasteiger partial charge in [0.15, 0.2) is 0 Å². The fourth-order valence-electron chi connectivity index (χ4n) is 3.23. The zero-order valence-electron chi connectivity index (χ0n) is 15.1. The van der Waals surface area contributed by atoms with Gasteiger partial charge in [-0.1, -0.05) is 30.3 Å². The topological polar surface area (TPSA) is 35.2 Å². The molecule has 0 bridgehead atoms. The summed E-state index contributed by atoms with van der Waals surface area (Å²) in [5.41, 5.74) is 10.5. The van der Waals surface area contributed by atoms with E-state index in [9.17, 15) is 8.78 Å². The van der Waals surface area contributed by atoms with Gasteiger partial charge in [0.05, 0.1) is 7.11 Å². The molecule has 0 fully saturated rings. The molecule has 0 atom stereocenters. The van der Waals surface area contributed by atoms with E-state index in [1.54, 1.807) is 12.1 Å². The highest BCUT2D eigenvalue weighted by Gasteiger charge is 2.15. The first-order valence-electron chi connectivity index (χ1n) is 8.39. The van der Waals surface area contributed by atoms with E-state index in [2.05, 4.69) is 0 Å². The summed E-state index contributed by atoms with van der Waals surface area (Å²) < 4.78 is 34.2. The molecule has 2 N–H and O–H groups in total. The van der Waals surface area contributed by atoms with Gasteiger partial charge in [-0.25, -0.2) is 8.78 Å². The Labute approximate surface area is 152 Å². The van der Waals surface area contributed by atoms with Crippen molar-refractivity contribution in [3.8, 4) is 28.0 Å². The molecule has 0 aliphatic rings. The van der Waals surface area contributed by atoms with E-state index < -0.39 is 5.82 Å². The van der Waals surface area contributed by atoms with E-state index in [-0.39, 0.29) is 12.4 Å². The molecule has 3 aromatic rings. The first-order chi connectivity index (χ1) is 12.5. The van der Waals surface area contributed by atoms with Gasteiger partial charge in [0.1, 0.15) is 17.4 Å². The zero-order valence-corrected chi connectivity index (χ0v) is 15.1. The molecule has 0 radical (unpaired) electrons. The molecule has 2 nitrogen and oxygen atoms in total. The van der Waals surface area contributed by atoms with Gasteiger partial charge >= 0.3 is 0 Å². The number of hydrogen-bond acceptors (Lipinski definition) is 2. The molecule has 0 aliphatic heterocycles. The molecule has 0 amide bonds. The summed E-state index contributed by atoms with van der Waals surface area (Å²) in [6.07, 6.45) is 0. The van der Waals surface area contributed by atoms with Crippen LogP contribution < -0.4 is 10.5 Å². The molecule has 134 valence electrons. The highest BCUT2D eigenvalue weighted by Crippen LogP contribution is 2.36. The van der Waals surface area contributed by atoms with E-state index >= 15 is 0 Å². The predicted octanol–water partition coefficient (Wildman–Crippen LogP) is 5.38. The average Bonchev–Trinajstić information content (AvgIpc) is 2.61. The van der Waals surface area contributed by atoms with Gasteiger partial charge in [-0.3, -0.25) is 0 Å². The van der Waals surface area contributed by atoms with Gasteiger partial charge in [0, 0.05) is 17.7 Å². The molecule has 0 heterocycles. The predicted molar refractivity (Wildman–Crippen MR) is 101 cm³/mol. The molecule has 3 aromatic carbocycles. The van der Waals surface area contributed by atoms with Gasteiger partial charge in [-0.05, 0) is 59.9 Å². The number of nitrogens with two attached hydrogens (primary N) is 1. The summed E-state index contributed by atoms with van der Waals surface area (Å²) in [7, 11) is 1.49. The van der Waals surface area contributed by atoms with Crippen LogP contribution >= 0.6 is 0 Å². The third kappa shape index (κ3) is 3.20. The maximum atomic E-state index is 14.4. The molecule has 26 heavy (non-hydrogen) atoms. The minimum Gasteiger partial charge on any atom is -0.496 e. The molecule has 0 aromatic heterocycles. The van der Waals surface area contributed by atoms with Crippen LogP contribution in [0.5, 0.6) is 5.75 Å². The summed E-state index contributed by atoms with van der Waals surface area (Å²) in [6.45, 7) is 3.82. The summed E-state index contributed by atoms with van der Waals surface area (Å²) in [4.78, 5) is 0. The summed E-state index contributed by atoms with van der Waals surface area (Å²) >= 11 is 0. The molecule has 0 unspecified atom stereocenters. The Kier molecular flexibility index (Phi) is 5.05. The van der Waals surface area contributed by atoms with Gasteiger partial charge < -0.3 is 10.5 Å². The van der Waals surface area contributed by atoms with E-state index in [0.717, 1.165) is 22.3 Å². The van der Waals surface area contributed by atoms with Gasteiger partial charge in [-0.2, -0.15) is 0 Å². The zero-order chi connectivity index (χ0) is 18.8. The van der Waals surface area contributed by atoms with Crippen molar-refractivity contribution >= 4 is 0 Å². The molecular formula is C22H21F2NO. The number of methoxy groups -OCH3 is 1. The van der Waals surface area contributed by atoms with Crippen LogP contribution in [0.2, 0.25) is 0 Å². The van der Waals surface area contributed by atoms with Crippen molar-refractivity contribution in [3.05, 3.63) is 76.9 Å².